The molecule has 0 spiro atoms. The summed E-state index contributed by atoms with van der Waals surface area (Å²) in [5, 5.41) is 8.57. The van der Waals surface area contributed by atoms with Crippen LogP contribution in [-0.4, -0.2) is 24.4 Å². The zero-order valence-electron chi connectivity index (χ0n) is 9.30. The highest BCUT2D eigenvalue weighted by Crippen LogP contribution is 2.26. The Balaban J connectivity index is 2.26. The van der Waals surface area contributed by atoms with Crippen LogP contribution in [0.5, 0.6) is 0 Å². The maximum Gasteiger partial charge on any atom is 0.212 e. The van der Waals surface area contributed by atoms with Crippen LogP contribution in [0.1, 0.15) is 11.4 Å². The molecule has 0 N–H and O–H groups in total. The Morgan fingerprint density at radius 2 is 2.12 bits per heavy atom. The van der Waals surface area contributed by atoms with Gasteiger partial charge in [0, 0.05) is 18.3 Å². The lowest BCUT2D eigenvalue weighted by molar-refractivity contribution is 0.731. The molecule has 82 valence electrons. The van der Waals surface area contributed by atoms with Crippen molar-refractivity contribution in [3.05, 3.63) is 23.1 Å². The van der Waals surface area contributed by atoms with E-state index in [0.717, 1.165) is 27.6 Å². The zero-order valence-corrected chi connectivity index (χ0v) is 10.1. The van der Waals surface area contributed by atoms with Gasteiger partial charge in [0.2, 0.25) is 4.96 Å². The van der Waals surface area contributed by atoms with Gasteiger partial charge >= 0.3 is 0 Å². The minimum Gasteiger partial charge on any atom is -0.272 e. The van der Waals surface area contributed by atoms with E-state index >= 15 is 0 Å². The van der Waals surface area contributed by atoms with Gasteiger partial charge in [0.15, 0.2) is 0 Å². The number of imidazole rings is 1. The smallest absolute Gasteiger partial charge is 0.212 e. The van der Waals surface area contributed by atoms with Crippen LogP contribution in [0.2, 0.25) is 0 Å². The summed E-state index contributed by atoms with van der Waals surface area (Å²) in [5.41, 5.74) is 5.98. The van der Waals surface area contributed by atoms with Crippen molar-refractivity contribution in [2.24, 2.45) is 7.05 Å². The van der Waals surface area contributed by atoms with Crippen molar-refractivity contribution >= 4 is 16.3 Å². The van der Waals surface area contributed by atoms with Crippen LogP contribution in [0.25, 0.3) is 16.2 Å². The summed E-state index contributed by atoms with van der Waals surface area (Å²) in [7, 11) is 1.95. The van der Waals surface area contributed by atoms with Crippen molar-refractivity contribution in [3.63, 3.8) is 0 Å². The monoisotopic (exact) mass is 233 g/mol. The van der Waals surface area contributed by atoms with E-state index < -0.39 is 0 Å². The molecule has 3 heterocycles. The van der Waals surface area contributed by atoms with Crippen LogP contribution in [0.3, 0.4) is 0 Å². The van der Waals surface area contributed by atoms with Gasteiger partial charge in [0.05, 0.1) is 17.6 Å². The van der Waals surface area contributed by atoms with E-state index in [1.807, 2.05) is 24.9 Å². The molecule has 0 saturated heterocycles. The molecule has 0 aromatic carbocycles. The largest absolute Gasteiger partial charge is 0.272 e. The number of hydrogen-bond acceptors (Lipinski definition) is 4. The average molecular weight is 233 g/mol. The highest BCUT2D eigenvalue weighted by atomic mass is 32.1. The third-order valence-corrected chi connectivity index (χ3v) is 3.44. The van der Waals surface area contributed by atoms with Gasteiger partial charge in [-0.2, -0.15) is 10.2 Å². The molecule has 3 rings (SSSR count). The molecule has 5 nitrogen and oxygen atoms in total. The molecule has 0 radical (unpaired) electrons. The van der Waals surface area contributed by atoms with E-state index in [4.69, 9.17) is 0 Å². The molecule has 0 aliphatic heterocycles. The fraction of sp³-hybridized carbons (Fsp3) is 0.300. The normalized spacial score (nSPS) is 11.4. The van der Waals surface area contributed by atoms with E-state index in [0.29, 0.717) is 0 Å². The summed E-state index contributed by atoms with van der Waals surface area (Å²) in [6.45, 7) is 4.05. The molecular formula is C10H11N5S. The summed E-state index contributed by atoms with van der Waals surface area (Å²) < 4.78 is 3.68. The first-order valence-electron chi connectivity index (χ1n) is 4.96. The third kappa shape index (κ3) is 1.19. The molecule has 0 amide bonds. The quantitative estimate of drug-likeness (QED) is 0.644. The Hall–Kier alpha value is -1.69. The van der Waals surface area contributed by atoms with Crippen LogP contribution < -0.4 is 0 Å². The molecule has 0 saturated carbocycles. The standard InChI is InChI=1S/C10H11N5S/c1-6-9(7(2)14(3)13-6)8-4-15-10(12-8)16-5-11-15/h4-5H,1-3H3. The molecule has 6 heteroatoms. The van der Waals surface area contributed by atoms with Gasteiger partial charge in [0.25, 0.3) is 0 Å². The maximum atomic E-state index is 4.54. The van der Waals surface area contributed by atoms with Crippen molar-refractivity contribution in [1.29, 1.82) is 0 Å². The molecule has 3 aromatic heterocycles. The van der Waals surface area contributed by atoms with Gasteiger partial charge in [0.1, 0.15) is 5.51 Å². The van der Waals surface area contributed by atoms with Gasteiger partial charge in [-0.05, 0) is 13.8 Å². The van der Waals surface area contributed by atoms with E-state index in [-0.39, 0.29) is 0 Å². The SMILES string of the molecule is Cc1nn(C)c(C)c1-c1cn2ncsc2n1. The molecule has 3 aromatic rings. The van der Waals surface area contributed by atoms with Crippen molar-refractivity contribution < 1.29 is 0 Å². The van der Waals surface area contributed by atoms with E-state index in [2.05, 4.69) is 22.1 Å². The number of hydrogen-bond donors (Lipinski definition) is 0. The van der Waals surface area contributed by atoms with Crippen LogP contribution >= 0.6 is 11.3 Å². The Labute approximate surface area is 96.4 Å². The first-order valence-corrected chi connectivity index (χ1v) is 5.84. The first-order chi connectivity index (χ1) is 7.66. The summed E-state index contributed by atoms with van der Waals surface area (Å²) in [6, 6.07) is 0. The highest BCUT2D eigenvalue weighted by Gasteiger charge is 2.15. The second-order valence-electron chi connectivity index (χ2n) is 3.76. The van der Waals surface area contributed by atoms with Crippen molar-refractivity contribution in [1.82, 2.24) is 24.4 Å². The third-order valence-electron chi connectivity index (χ3n) is 2.75. The molecule has 16 heavy (non-hydrogen) atoms. The van der Waals surface area contributed by atoms with Crippen LogP contribution in [0.15, 0.2) is 11.7 Å². The summed E-state index contributed by atoms with van der Waals surface area (Å²) >= 11 is 1.53. The van der Waals surface area contributed by atoms with Gasteiger partial charge in [-0.25, -0.2) is 9.50 Å². The zero-order chi connectivity index (χ0) is 11.3. The van der Waals surface area contributed by atoms with Gasteiger partial charge in [-0.1, -0.05) is 11.3 Å². The lowest BCUT2D eigenvalue weighted by Crippen LogP contribution is -1.92. The van der Waals surface area contributed by atoms with Crippen LogP contribution in [0.4, 0.5) is 0 Å². The van der Waals surface area contributed by atoms with Crippen LogP contribution in [-0.2, 0) is 7.05 Å². The fourth-order valence-corrected chi connectivity index (χ4v) is 2.51. The summed E-state index contributed by atoms with van der Waals surface area (Å²) in [6.07, 6.45) is 1.95. The average Bonchev–Trinajstić information content (AvgIpc) is 2.82. The fourth-order valence-electron chi connectivity index (χ4n) is 1.90. The number of nitrogens with zero attached hydrogens (tertiary/aromatic N) is 5. The molecule has 0 atom stereocenters. The Bertz CT molecular complexity index is 631. The van der Waals surface area contributed by atoms with Gasteiger partial charge in [-0.15, -0.1) is 0 Å². The number of fused-ring (bicyclic) bond motifs is 1. The summed E-state index contributed by atoms with van der Waals surface area (Å²) in [5.74, 6) is 0. The van der Waals surface area contributed by atoms with Crippen molar-refractivity contribution in [3.8, 4) is 11.3 Å². The molecule has 0 unspecified atom stereocenters. The first kappa shape index (κ1) is 9.53. The van der Waals surface area contributed by atoms with Gasteiger partial charge in [-0.3, -0.25) is 4.68 Å². The molecular weight excluding hydrogens is 222 g/mol. The van der Waals surface area contributed by atoms with E-state index in [1.165, 1.54) is 11.3 Å². The van der Waals surface area contributed by atoms with E-state index in [9.17, 15) is 0 Å². The molecule has 0 aliphatic rings. The molecule has 0 fully saturated rings. The number of aromatic nitrogens is 5. The summed E-state index contributed by atoms with van der Waals surface area (Å²) in [4.78, 5) is 5.46. The van der Waals surface area contributed by atoms with Crippen molar-refractivity contribution in [2.45, 2.75) is 13.8 Å². The molecule has 0 aliphatic carbocycles. The Morgan fingerprint density at radius 1 is 1.31 bits per heavy atom. The Kier molecular flexibility index (Phi) is 1.88. The van der Waals surface area contributed by atoms with E-state index in [1.54, 1.807) is 10.0 Å². The minimum atomic E-state index is 0.914. The second-order valence-corrected chi connectivity index (χ2v) is 4.57. The molecule has 0 bridgehead atoms. The lowest BCUT2D eigenvalue weighted by Gasteiger charge is -1.96. The van der Waals surface area contributed by atoms with Gasteiger partial charge < -0.3 is 0 Å². The topological polar surface area (TPSA) is 48.0 Å². The highest BCUT2D eigenvalue weighted by molar-refractivity contribution is 7.14. The number of aryl methyl sites for hydroxylation is 2. The van der Waals surface area contributed by atoms with Crippen molar-refractivity contribution in [2.75, 3.05) is 0 Å². The predicted octanol–water partition coefficient (Wildman–Crippen LogP) is 1.81. The minimum absolute atomic E-state index is 0.914. The predicted molar refractivity (Wildman–Crippen MR) is 62.5 cm³/mol. The van der Waals surface area contributed by atoms with Crippen LogP contribution in [0, 0.1) is 13.8 Å². The second kappa shape index (κ2) is 3.15. The maximum absolute atomic E-state index is 4.54. The lowest BCUT2D eigenvalue weighted by atomic mass is 10.1. The Morgan fingerprint density at radius 3 is 2.75 bits per heavy atom. The number of rotatable bonds is 1.